The van der Waals surface area contributed by atoms with Gasteiger partial charge in [0.05, 0.1) is 10.7 Å². The Morgan fingerprint density at radius 3 is 2.45 bits per heavy atom. The maximum atomic E-state index is 11.9. The summed E-state index contributed by atoms with van der Waals surface area (Å²) in [5.41, 5.74) is 0.899. The van der Waals surface area contributed by atoms with Gasteiger partial charge in [0.25, 0.3) is 5.56 Å². The second-order valence-electron chi connectivity index (χ2n) is 4.47. The minimum absolute atomic E-state index is 0.0342. The highest BCUT2D eigenvalue weighted by atomic mass is 35.5. The van der Waals surface area contributed by atoms with Gasteiger partial charge in [0.2, 0.25) is 0 Å². The molecule has 0 radical (unpaired) electrons. The van der Waals surface area contributed by atoms with E-state index in [1.807, 2.05) is 0 Å². The van der Waals surface area contributed by atoms with Crippen LogP contribution in [-0.2, 0) is 0 Å². The Balaban J connectivity index is 2.06. The zero-order valence-corrected chi connectivity index (χ0v) is 12.0. The third-order valence-corrected chi connectivity index (χ3v) is 3.36. The number of phenolic OH excluding ortho intramolecular Hbond substituents is 1. The molecule has 0 atom stereocenters. The summed E-state index contributed by atoms with van der Waals surface area (Å²) in [6.45, 7) is 0. The van der Waals surface area contributed by atoms with Gasteiger partial charge in [-0.25, -0.2) is 0 Å². The molecule has 0 saturated heterocycles. The van der Waals surface area contributed by atoms with Crippen molar-refractivity contribution in [3.63, 3.8) is 0 Å². The molecule has 0 aliphatic heterocycles. The summed E-state index contributed by atoms with van der Waals surface area (Å²) in [6.07, 6.45) is 0. The number of phenols is 1. The van der Waals surface area contributed by atoms with Gasteiger partial charge in [-0.05, 0) is 24.3 Å². The summed E-state index contributed by atoms with van der Waals surface area (Å²) in [6, 6.07) is 13.5. The first-order valence-electron chi connectivity index (χ1n) is 6.42. The van der Waals surface area contributed by atoms with Crippen molar-refractivity contribution in [2.45, 2.75) is 0 Å². The number of rotatable bonds is 3. The van der Waals surface area contributed by atoms with E-state index < -0.39 is 5.56 Å². The predicted molar refractivity (Wildman–Crippen MR) is 84.1 cm³/mol. The zero-order valence-electron chi connectivity index (χ0n) is 11.2. The molecule has 110 valence electrons. The largest absolute Gasteiger partial charge is 0.507 e. The standard InChI is InChI=1S/C15H11ClN4O2/c16-10-6-2-3-7-11(10)17-19-14-13(18-20-15(14)22)9-5-1-4-8-12(9)21/h1-8,21H,(H2,18,20,22). The maximum absolute atomic E-state index is 11.9. The summed E-state index contributed by atoms with van der Waals surface area (Å²) in [5, 5.41) is 23.4. The topological polar surface area (TPSA) is 93.6 Å². The third kappa shape index (κ3) is 2.64. The first-order valence-corrected chi connectivity index (χ1v) is 6.80. The number of halogens is 1. The Kier molecular flexibility index (Phi) is 3.76. The Bertz CT molecular complexity index is 898. The van der Waals surface area contributed by atoms with Gasteiger partial charge in [-0.3, -0.25) is 15.0 Å². The predicted octanol–water partition coefficient (Wildman–Crippen LogP) is 4.14. The van der Waals surface area contributed by atoms with Crippen molar-refractivity contribution in [3.05, 3.63) is 63.9 Å². The molecule has 22 heavy (non-hydrogen) atoms. The molecule has 0 bridgehead atoms. The quantitative estimate of drug-likeness (QED) is 0.633. The van der Waals surface area contributed by atoms with Gasteiger partial charge in [-0.1, -0.05) is 35.9 Å². The van der Waals surface area contributed by atoms with Crippen LogP contribution < -0.4 is 5.56 Å². The second-order valence-corrected chi connectivity index (χ2v) is 4.88. The Morgan fingerprint density at radius 1 is 0.955 bits per heavy atom. The Labute approximate surface area is 130 Å². The molecular weight excluding hydrogens is 304 g/mol. The van der Waals surface area contributed by atoms with Crippen LogP contribution in [0.1, 0.15) is 0 Å². The molecule has 0 amide bonds. The summed E-state index contributed by atoms with van der Waals surface area (Å²) in [4.78, 5) is 11.9. The second kappa shape index (κ2) is 5.87. The summed E-state index contributed by atoms with van der Waals surface area (Å²) in [5.74, 6) is 0.0342. The average Bonchev–Trinajstić information content (AvgIpc) is 2.88. The lowest BCUT2D eigenvalue weighted by atomic mass is 10.1. The number of aromatic amines is 2. The SMILES string of the molecule is O=c1[nH][nH]c(-c2ccccc2O)c1N=Nc1ccccc1Cl. The first kappa shape index (κ1) is 14.1. The number of hydrogen-bond donors (Lipinski definition) is 3. The lowest BCUT2D eigenvalue weighted by Crippen LogP contribution is -1.96. The van der Waals surface area contributed by atoms with E-state index >= 15 is 0 Å². The molecule has 3 N–H and O–H groups in total. The number of benzene rings is 2. The smallest absolute Gasteiger partial charge is 0.292 e. The van der Waals surface area contributed by atoms with Crippen molar-refractivity contribution in [1.29, 1.82) is 0 Å². The molecule has 0 unspecified atom stereocenters. The minimum Gasteiger partial charge on any atom is -0.507 e. The molecule has 3 aromatic rings. The number of nitrogens with one attached hydrogen (secondary N) is 2. The Hall–Kier alpha value is -2.86. The number of aromatic hydroxyl groups is 1. The van der Waals surface area contributed by atoms with Gasteiger partial charge in [0, 0.05) is 5.56 Å². The molecule has 7 heteroatoms. The molecule has 0 fully saturated rings. The molecule has 0 aliphatic rings. The molecule has 3 rings (SSSR count). The molecule has 0 saturated carbocycles. The highest BCUT2D eigenvalue weighted by Crippen LogP contribution is 2.33. The number of azo groups is 1. The number of H-pyrrole nitrogens is 2. The molecule has 2 aromatic carbocycles. The molecule has 0 spiro atoms. The average molecular weight is 315 g/mol. The minimum atomic E-state index is -0.436. The van der Waals surface area contributed by atoms with E-state index in [2.05, 4.69) is 20.4 Å². The van der Waals surface area contributed by atoms with Crippen molar-refractivity contribution < 1.29 is 5.11 Å². The van der Waals surface area contributed by atoms with E-state index in [0.29, 0.717) is 22.0 Å². The zero-order chi connectivity index (χ0) is 15.5. The fourth-order valence-electron chi connectivity index (χ4n) is 1.96. The van der Waals surface area contributed by atoms with Gasteiger partial charge in [-0.2, -0.15) is 0 Å². The maximum Gasteiger partial charge on any atom is 0.292 e. The fourth-order valence-corrected chi connectivity index (χ4v) is 2.14. The lowest BCUT2D eigenvalue weighted by molar-refractivity contribution is 0.477. The summed E-state index contributed by atoms with van der Waals surface area (Å²) >= 11 is 6.00. The highest BCUT2D eigenvalue weighted by Gasteiger charge is 2.14. The van der Waals surface area contributed by atoms with Gasteiger partial charge in [0.15, 0.2) is 5.69 Å². The van der Waals surface area contributed by atoms with E-state index in [4.69, 9.17) is 11.6 Å². The van der Waals surface area contributed by atoms with Gasteiger partial charge < -0.3 is 5.11 Å². The highest BCUT2D eigenvalue weighted by molar-refractivity contribution is 6.32. The van der Waals surface area contributed by atoms with Crippen LogP contribution >= 0.6 is 11.6 Å². The van der Waals surface area contributed by atoms with Crippen molar-refractivity contribution in [2.24, 2.45) is 10.2 Å². The van der Waals surface area contributed by atoms with Crippen LogP contribution in [0.5, 0.6) is 5.75 Å². The number of hydrogen-bond acceptors (Lipinski definition) is 4. The first-order chi connectivity index (χ1) is 10.7. The lowest BCUT2D eigenvalue weighted by Gasteiger charge is -2.01. The van der Waals surface area contributed by atoms with E-state index in [-0.39, 0.29) is 11.4 Å². The number of para-hydroxylation sites is 1. The monoisotopic (exact) mass is 314 g/mol. The third-order valence-electron chi connectivity index (χ3n) is 3.04. The normalized spacial score (nSPS) is 11.1. The van der Waals surface area contributed by atoms with Crippen molar-refractivity contribution in [3.8, 4) is 17.0 Å². The van der Waals surface area contributed by atoms with E-state index in [0.717, 1.165) is 0 Å². The van der Waals surface area contributed by atoms with Crippen LogP contribution in [0.25, 0.3) is 11.3 Å². The summed E-state index contributed by atoms with van der Waals surface area (Å²) in [7, 11) is 0. The van der Waals surface area contributed by atoms with Crippen LogP contribution in [0.2, 0.25) is 5.02 Å². The van der Waals surface area contributed by atoms with Crippen molar-refractivity contribution in [2.75, 3.05) is 0 Å². The number of nitrogens with zero attached hydrogens (tertiary/aromatic N) is 2. The molecule has 1 aromatic heterocycles. The number of aromatic nitrogens is 2. The van der Waals surface area contributed by atoms with Crippen LogP contribution in [0.3, 0.4) is 0 Å². The van der Waals surface area contributed by atoms with Gasteiger partial charge in [-0.15, -0.1) is 10.2 Å². The van der Waals surface area contributed by atoms with E-state index in [1.165, 1.54) is 6.07 Å². The van der Waals surface area contributed by atoms with Crippen LogP contribution in [0.4, 0.5) is 11.4 Å². The van der Waals surface area contributed by atoms with Crippen LogP contribution in [0, 0.1) is 0 Å². The van der Waals surface area contributed by atoms with Gasteiger partial charge >= 0.3 is 0 Å². The Morgan fingerprint density at radius 2 is 1.68 bits per heavy atom. The summed E-state index contributed by atoms with van der Waals surface area (Å²) < 4.78 is 0. The van der Waals surface area contributed by atoms with E-state index in [1.54, 1.807) is 42.5 Å². The molecule has 0 aliphatic carbocycles. The fraction of sp³-hybridized carbons (Fsp3) is 0. The van der Waals surface area contributed by atoms with Crippen LogP contribution in [-0.4, -0.2) is 15.3 Å². The van der Waals surface area contributed by atoms with Crippen LogP contribution in [0.15, 0.2) is 63.6 Å². The molecule has 1 heterocycles. The van der Waals surface area contributed by atoms with E-state index in [9.17, 15) is 9.90 Å². The van der Waals surface area contributed by atoms with Crippen molar-refractivity contribution >= 4 is 23.0 Å². The molecule has 6 nitrogen and oxygen atoms in total. The van der Waals surface area contributed by atoms with Gasteiger partial charge in [0.1, 0.15) is 11.4 Å². The molecular formula is C15H11ClN4O2. The van der Waals surface area contributed by atoms with Crippen molar-refractivity contribution in [1.82, 2.24) is 10.2 Å².